The lowest BCUT2D eigenvalue weighted by Gasteiger charge is -2.07. The molecule has 2 N–H and O–H groups in total. The van der Waals surface area contributed by atoms with Gasteiger partial charge in [0.05, 0.1) is 5.39 Å². The largest absolute Gasteiger partial charge is 0.369 e. The number of hydrogen-bond donors (Lipinski definition) is 2. The molecule has 0 aliphatic rings. The van der Waals surface area contributed by atoms with Gasteiger partial charge in [-0.25, -0.2) is 9.97 Å². The zero-order chi connectivity index (χ0) is 12.1. The lowest BCUT2D eigenvalue weighted by molar-refractivity contribution is 0.741. The summed E-state index contributed by atoms with van der Waals surface area (Å²) in [7, 11) is 0. The van der Waals surface area contributed by atoms with Gasteiger partial charge in [-0.15, -0.1) is 0 Å². The van der Waals surface area contributed by atoms with Crippen LogP contribution < -0.4 is 5.32 Å². The van der Waals surface area contributed by atoms with Crippen LogP contribution in [0.15, 0.2) is 17.4 Å². The summed E-state index contributed by atoms with van der Waals surface area (Å²) in [5.41, 5.74) is 0.905. The zero-order valence-corrected chi connectivity index (χ0v) is 11.1. The molecule has 5 heteroatoms. The van der Waals surface area contributed by atoms with Crippen LogP contribution in [0.1, 0.15) is 26.2 Å². The summed E-state index contributed by atoms with van der Waals surface area (Å²) in [6.45, 7) is 3.18. The Hall–Kier alpha value is -1.23. The van der Waals surface area contributed by atoms with Gasteiger partial charge in [-0.3, -0.25) is 0 Å². The Bertz CT molecular complexity index is 480. The Morgan fingerprint density at radius 2 is 2.24 bits per heavy atom. The van der Waals surface area contributed by atoms with Gasteiger partial charge in [-0.2, -0.15) is 0 Å². The molecule has 17 heavy (non-hydrogen) atoms. The van der Waals surface area contributed by atoms with E-state index in [0.717, 1.165) is 28.6 Å². The summed E-state index contributed by atoms with van der Waals surface area (Å²) in [4.78, 5) is 12.1. The zero-order valence-electron chi connectivity index (χ0n) is 10.3. The quantitative estimate of drug-likeness (QED) is 0.469. The average Bonchev–Trinajstić information content (AvgIpc) is 2.82. The molecule has 0 atom stereocenters. The van der Waals surface area contributed by atoms with Crippen LogP contribution >= 0.6 is 11.8 Å². The number of anilines is 1. The fourth-order valence-corrected chi connectivity index (χ4v) is 2.09. The smallest absolute Gasteiger partial charge is 0.191 e. The Balaban J connectivity index is 2.16. The molecule has 0 saturated heterocycles. The number of aromatic amines is 1. The van der Waals surface area contributed by atoms with Gasteiger partial charge in [0.2, 0.25) is 0 Å². The van der Waals surface area contributed by atoms with Crippen molar-refractivity contribution < 1.29 is 0 Å². The van der Waals surface area contributed by atoms with Gasteiger partial charge in [0.15, 0.2) is 5.16 Å². The van der Waals surface area contributed by atoms with Gasteiger partial charge in [-0.05, 0) is 18.7 Å². The van der Waals surface area contributed by atoms with Crippen LogP contribution in [0.5, 0.6) is 0 Å². The third kappa shape index (κ3) is 2.91. The van der Waals surface area contributed by atoms with E-state index in [1.54, 1.807) is 11.8 Å². The van der Waals surface area contributed by atoms with Gasteiger partial charge in [0.25, 0.3) is 0 Å². The van der Waals surface area contributed by atoms with Crippen molar-refractivity contribution in [3.8, 4) is 0 Å². The van der Waals surface area contributed by atoms with Crippen LogP contribution in [0, 0.1) is 0 Å². The van der Waals surface area contributed by atoms with Crippen molar-refractivity contribution in [1.82, 2.24) is 15.0 Å². The second kappa shape index (κ2) is 5.91. The van der Waals surface area contributed by atoms with Crippen molar-refractivity contribution in [3.05, 3.63) is 12.3 Å². The molecule has 0 radical (unpaired) electrons. The van der Waals surface area contributed by atoms with E-state index in [1.807, 2.05) is 18.5 Å². The molecule has 0 spiro atoms. The first-order valence-corrected chi connectivity index (χ1v) is 7.20. The van der Waals surface area contributed by atoms with Crippen LogP contribution in [-0.4, -0.2) is 27.8 Å². The Kier molecular flexibility index (Phi) is 4.25. The molecule has 0 fully saturated rings. The molecule has 2 heterocycles. The van der Waals surface area contributed by atoms with Gasteiger partial charge < -0.3 is 10.3 Å². The number of aromatic nitrogens is 3. The second-order valence-electron chi connectivity index (χ2n) is 3.93. The molecule has 0 aliphatic heterocycles. The first-order valence-electron chi connectivity index (χ1n) is 5.98. The summed E-state index contributed by atoms with van der Waals surface area (Å²) < 4.78 is 0. The molecule has 0 aliphatic carbocycles. The maximum atomic E-state index is 4.51. The molecule has 2 aromatic heterocycles. The highest BCUT2D eigenvalue weighted by Crippen LogP contribution is 2.22. The summed E-state index contributed by atoms with van der Waals surface area (Å²) in [6, 6.07) is 2.02. The summed E-state index contributed by atoms with van der Waals surface area (Å²) >= 11 is 1.56. The second-order valence-corrected chi connectivity index (χ2v) is 4.71. The van der Waals surface area contributed by atoms with Gasteiger partial charge in [-0.1, -0.05) is 31.5 Å². The molecule has 92 valence electrons. The third-order valence-corrected chi connectivity index (χ3v) is 3.20. The fourth-order valence-electron chi connectivity index (χ4n) is 1.73. The van der Waals surface area contributed by atoms with Crippen molar-refractivity contribution in [3.63, 3.8) is 0 Å². The minimum Gasteiger partial charge on any atom is -0.369 e. The number of H-pyrrole nitrogens is 1. The highest BCUT2D eigenvalue weighted by atomic mass is 32.2. The number of rotatable bonds is 6. The van der Waals surface area contributed by atoms with E-state index in [2.05, 4.69) is 27.2 Å². The SMILES string of the molecule is CCCCCNc1nc(SC)nc2[nH]ccc12. The van der Waals surface area contributed by atoms with Gasteiger partial charge >= 0.3 is 0 Å². The van der Waals surface area contributed by atoms with Crippen molar-refractivity contribution in [2.45, 2.75) is 31.3 Å². The van der Waals surface area contributed by atoms with Crippen molar-refractivity contribution in [2.24, 2.45) is 0 Å². The van der Waals surface area contributed by atoms with Gasteiger partial charge in [0, 0.05) is 12.7 Å². The molecular weight excluding hydrogens is 232 g/mol. The molecule has 4 nitrogen and oxygen atoms in total. The Labute approximate surface area is 106 Å². The van der Waals surface area contributed by atoms with Crippen LogP contribution in [0.25, 0.3) is 11.0 Å². The summed E-state index contributed by atoms with van der Waals surface area (Å²) in [6.07, 6.45) is 7.57. The fraction of sp³-hybridized carbons (Fsp3) is 0.500. The highest BCUT2D eigenvalue weighted by molar-refractivity contribution is 7.98. The lowest BCUT2D eigenvalue weighted by atomic mass is 10.2. The van der Waals surface area contributed by atoms with E-state index in [0.29, 0.717) is 0 Å². The predicted molar refractivity (Wildman–Crippen MR) is 73.7 cm³/mol. The van der Waals surface area contributed by atoms with Crippen LogP contribution in [0.2, 0.25) is 0 Å². The minimum absolute atomic E-state index is 0.804. The predicted octanol–water partition coefficient (Wildman–Crippen LogP) is 3.28. The Morgan fingerprint density at radius 3 is 3.00 bits per heavy atom. The average molecular weight is 250 g/mol. The van der Waals surface area contributed by atoms with Crippen LogP contribution in [-0.2, 0) is 0 Å². The molecule has 0 bridgehead atoms. The lowest BCUT2D eigenvalue weighted by Crippen LogP contribution is -2.04. The molecule has 0 unspecified atom stereocenters. The number of thioether (sulfide) groups is 1. The van der Waals surface area contributed by atoms with E-state index in [1.165, 1.54) is 19.3 Å². The van der Waals surface area contributed by atoms with E-state index >= 15 is 0 Å². The highest BCUT2D eigenvalue weighted by Gasteiger charge is 2.07. The summed E-state index contributed by atoms with van der Waals surface area (Å²) in [5, 5.41) is 5.27. The van der Waals surface area contributed by atoms with Crippen LogP contribution in [0.4, 0.5) is 5.82 Å². The van der Waals surface area contributed by atoms with Crippen molar-refractivity contribution in [1.29, 1.82) is 0 Å². The molecule has 0 aromatic carbocycles. The van der Waals surface area contributed by atoms with Crippen LogP contribution in [0.3, 0.4) is 0 Å². The molecular formula is C12H18N4S. The van der Waals surface area contributed by atoms with Crippen molar-refractivity contribution >= 4 is 28.6 Å². The minimum atomic E-state index is 0.804. The van der Waals surface area contributed by atoms with Gasteiger partial charge in [0.1, 0.15) is 11.5 Å². The third-order valence-electron chi connectivity index (χ3n) is 2.65. The topological polar surface area (TPSA) is 53.6 Å². The summed E-state index contributed by atoms with van der Waals surface area (Å²) in [5.74, 6) is 0.941. The Morgan fingerprint density at radius 1 is 1.35 bits per heavy atom. The molecule has 2 aromatic rings. The number of fused-ring (bicyclic) bond motifs is 1. The first kappa shape index (κ1) is 12.2. The van der Waals surface area contributed by atoms with E-state index < -0.39 is 0 Å². The monoisotopic (exact) mass is 250 g/mol. The molecule has 0 amide bonds. The van der Waals surface area contributed by atoms with Crippen molar-refractivity contribution in [2.75, 3.05) is 18.1 Å². The van der Waals surface area contributed by atoms with E-state index in [9.17, 15) is 0 Å². The normalized spacial score (nSPS) is 10.9. The molecule has 2 rings (SSSR count). The van der Waals surface area contributed by atoms with E-state index in [4.69, 9.17) is 0 Å². The standard InChI is InChI=1S/C12H18N4S/c1-3-4-5-7-13-10-9-6-8-14-11(9)16-12(15-10)17-2/h6,8H,3-5,7H2,1-2H3,(H2,13,14,15,16). The number of nitrogens with one attached hydrogen (secondary N) is 2. The first-order chi connectivity index (χ1) is 8.35. The molecule has 0 saturated carbocycles. The number of unbranched alkanes of at least 4 members (excludes halogenated alkanes) is 2. The number of nitrogens with zero attached hydrogens (tertiary/aromatic N) is 2. The maximum Gasteiger partial charge on any atom is 0.191 e. The maximum absolute atomic E-state index is 4.51. The number of hydrogen-bond acceptors (Lipinski definition) is 4. The van der Waals surface area contributed by atoms with E-state index in [-0.39, 0.29) is 0 Å².